The summed E-state index contributed by atoms with van der Waals surface area (Å²) >= 11 is 6.32. The summed E-state index contributed by atoms with van der Waals surface area (Å²) in [5, 5.41) is 9.43. The molecule has 1 aromatic carbocycles. The van der Waals surface area contributed by atoms with Gasteiger partial charge in [-0.15, -0.1) is 0 Å². The van der Waals surface area contributed by atoms with E-state index in [2.05, 4.69) is 40.1 Å². The number of fused-ring (bicyclic) bond motifs is 2. The molecule has 34 heavy (non-hydrogen) atoms. The van der Waals surface area contributed by atoms with Gasteiger partial charge < -0.3 is 16.8 Å². The van der Waals surface area contributed by atoms with Gasteiger partial charge in [-0.05, 0) is 31.4 Å². The predicted molar refractivity (Wildman–Crippen MR) is 135 cm³/mol. The minimum absolute atomic E-state index is 0.00606. The molecule has 3 aromatic heterocycles. The molecular formula is C24H26ClFN8. The van der Waals surface area contributed by atoms with Gasteiger partial charge in [-0.25, -0.2) is 9.37 Å². The van der Waals surface area contributed by atoms with Crippen molar-refractivity contribution in [3.05, 3.63) is 53.3 Å². The molecule has 5 N–H and O–H groups in total. The Hall–Kier alpha value is -3.43. The molecule has 0 fully saturated rings. The molecule has 0 saturated carbocycles. The maximum atomic E-state index is 15.1. The lowest BCUT2D eigenvalue weighted by atomic mass is 10.0. The Labute approximate surface area is 201 Å². The SMILES string of the molecule is CC(C)N1CCc2cc(Nc3cc4cc(-c5cncc(N)c5Cl)c(F)c(N)c4cn3)nn2CC1. The molecule has 0 aliphatic carbocycles. The van der Waals surface area contributed by atoms with Gasteiger partial charge in [0.15, 0.2) is 11.6 Å². The minimum atomic E-state index is -0.586. The lowest BCUT2D eigenvalue weighted by molar-refractivity contribution is 0.225. The molecule has 1 aliphatic heterocycles. The van der Waals surface area contributed by atoms with Crippen LogP contribution in [0.5, 0.6) is 0 Å². The zero-order valence-electron chi connectivity index (χ0n) is 19.0. The molecule has 0 amide bonds. The highest BCUT2D eigenvalue weighted by atomic mass is 35.5. The van der Waals surface area contributed by atoms with Gasteiger partial charge in [0.25, 0.3) is 0 Å². The number of nitrogen functional groups attached to an aromatic ring is 2. The van der Waals surface area contributed by atoms with E-state index < -0.39 is 5.82 Å². The number of rotatable bonds is 4. The molecule has 0 atom stereocenters. The predicted octanol–water partition coefficient (Wildman–Crippen LogP) is 4.46. The summed E-state index contributed by atoms with van der Waals surface area (Å²) in [6.45, 7) is 7.25. The van der Waals surface area contributed by atoms with Crippen molar-refractivity contribution < 1.29 is 4.39 Å². The van der Waals surface area contributed by atoms with E-state index in [1.807, 2.05) is 10.7 Å². The molecule has 10 heteroatoms. The van der Waals surface area contributed by atoms with Crippen molar-refractivity contribution in [1.82, 2.24) is 24.6 Å². The molecule has 0 bridgehead atoms. The Morgan fingerprint density at radius 3 is 2.65 bits per heavy atom. The van der Waals surface area contributed by atoms with Crippen molar-refractivity contribution in [2.24, 2.45) is 0 Å². The number of pyridine rings is 2. The molecule has 1 aliphatic rings. The number of hydrogen-bond donors (Lipinski definition) is 3. The van der Waals surface area contributed by atoms with Crippen LogP contribution in [0.15, 0.2) is 36.8 Å². The average molecular weight is 481 g/mol. The van der Waals surface area contributed by atoms with Gasteiger partial charge in [0.05, 0.1) is 29.1 Å². The zero-order valence-corrected chi connectivity index (χ0v) is 19.8. The number of hydrogen-bond acceptors (Lipinski definition) is 7. The zero-order chi connectivity index (χ0) is 24.0. The summed E-state index contributed by atoms with van der Waals surface area (Å²) in [4.78, 5) is 10.9. The van der Waals surface area contributed by atoms with Crippen molar-refractivity contribution in [2.45, 2.75) is 32.9 Å². The van der Waals surface area contributed by atoms with Crippen LogP contribution in [-0.4, -0.2) is 43.8 Å². The molecule has 4 heterocycles. The fraction of sp³-hybridized carbons (Fsp3) is 0.292. The number of nitrogens with zero attached hydrogens (tertiary/aromatic N) is 5. The van der Waals surface area contributed by atoms with Crippen molar-refractivity contribution in [3.63, 3.8) is 0 Å². The van der Waals surface area contributed by atoms with Crippen molar-refractivity contribution >= 4 is 45.4 Å². The first-order valence-electron chi connectivity index (χ1n) is 11.2. The molecule has 176 valence electrons. The lowest BCUT2D eigenvalue weighted by Crippen LogP contribution is -2.33. The molecule has 4 aromatic rings. The van der Waals surface area contributed by atoms with Crippen molar-refractivity contribution in [3.8, 4) is 11.1 Å². The van der Waals surface area contributed by atoms with Gasteiger partial charge in [-0.2, -0.15) is 5.10 Å². The summed E-state index contributed by atoms with van der Waals surface area (Å²) in [5.74, 6) is 0.717. The largest absolute Gasteiger partial charge is 0.396 e. The standard InChI is InChI=1S/C24H26ClFN8/c1-13(2)33-4-3-15-9-21(32-34(15)6-5-33)31-20-8-14-7-16(18-10-29-12-19(27)22(18)25)23(26)24(28)17(14)11-30-20/h7-13H,3-6,27-28H2,1-2H3,(H,30,31,32). The first-order valence-corrected chi connectivity index (χ1v) is 11.5. The number of aromatic nitrogens is 4. The molecule has 5 rings (SSSR count). The first-order chi connectivity index (χ1) is 16.3. The summed E-state index contributed by atoms with van der Waals surface area (Å²) in [6, 6.07) is 6.06. The number of nitrogens with one attached hydrogen (secondary N) is 1. The van der Waals surface area contributed by atoms with Gasteiger partial charge in [-0.1, -0.05) is 11.6 Å². The third kappa shape index (κ3) is 4.01. The van der Waals surface area contributed by atoms with E-state index in [0.717, 1.165) is 31.9 Å². The van der Waals surface area contributed by atoms with E-state index in [4.69, 9.17) is 28.2 Å². The Kier molecular flexibility index (Phi) is 5.75. The topological polar surface area (TPSA) is 111 Å². The Morgan fingerprint density at radius 2 is 1.85 bits per heavy atom. The monoisotopic (exact) mass is 480 g/mol. The third-order valence-corrected chi connectivity index (χ3v) is 6.72. The summed E-state index contributed by atoms with van der Waals surface area (Å²) in [6.07, 6.45) is 5.39. The van der Waals surface area contributed by atoms with Crippen molar-refractivity contribution in [2.75, 3.05) is 29.9 Å². The summed E-state index contributed by atoms with van der Waals surface area (Å²) < 4.78 is 17.2. The summed E-state index contributed by atoms with van der Waals surface area (Å²) in [5.41, 5.74) is 14.0. The van der Waals surface area contributed by atoms with Crippen LogP contribution >= 0.6 is 11.6 Å². The number of nitrogens with two attached hydrogens (primary N) is 2. The smallest absolute Gasteiger partial charge is 0.154 e. The second kappa shape index (κ2) is 8.73. The van der Waals surface area contributed by atoms with Crippen LogP contribution in [0.25, 0.3) is 21.9 Å². The number of anilines is 4. The third-order valence-electron chi connectivity index (χ3n) is 6.30. The molecule has 0 spiro atoms. The first kappa shape index (κ1) is 22.4. The van der Waals surface area contributed by atoms with Crippen LogP contribution in [-0.2, 0) is 13.0 Å². The van der Waals surface area contributed by atoms with Gasteiger partial charge in [0, 0.05) is 66.2 Å². The highest BCUT2D eigenvalue weighted by Crippen LogP contribution is 2.38. The molecule has 0 radical (unpaired) electrons. The van der Waals surface area contributed by atoms with Gasteiger partial charge >= 0.3 is 0 Å². The quantitative estimate of drug-likeness (QED) is 0.370. The van der Waals surface area contributed by atoms with E-state index in [9.17, 15) is 0 Å². The van der Waals surface area contributed by atoms with Crippen LogP contribution in [0, 0.1) is 5.82 Å². The van der Waals surface area contributed by atoms with Gasteiger partial charge in [0.2, 0.25) is 0 Å². The Bertz CT molecular complexity index is 1360. The average Bonchev–Trinajstić information content (AvgIpc) is 3.08. The van der Waals surface area contributed by atoms with Crippen LogP contribution < -0.4 is 16.8 Å². The highest BCUT2D eigenvalue weighted by molar-refractivity contribution is 6.35. The van der Waals surface area contributed by atoms with Crippen LogP contribution in [0.3, 0.4) is 0 Å². The maximum Gasteiger partial charge on any atom is 0.154 e. The molecule has 8 nitrogen and oxygen atoms in total. The fourth-order valence-electron chi connectivity index (χ4n) is 4.36. The lowest BCUT2D eigenvalue weighted by Gasteiger charge is -2.23. The number of halogens is 2. The minimum Gasteiger partial charge on any atom is -0.396 e. The van der Waals surface area contributed by atoms with E-state index in [-0.39, 0.29) is 22.0 Å². The van der Waals surface area contributed by atoms with Crippen LogP contribution in [0.1, 0.15) is 19.5 Å². The van der Waals surface area contributed by atoms with E-state index in [1.54, 1.807) is 12.3 Å². The van der Waals surface area contributed by atoms with Crippen LogP contribution in [0.2, 0.25) is 5.02 Å². The second-order valence-corrected chi connectivity index (χ2v) is 9.16. The van der Waals surface area contributed by atoms with Crippen LogP contribution in [0.4, 0.5) is 27.4 Å². The Morgan fingerprint density at radius 1 is 1.03 bits per heavy atom. The summed E-state index contributed by atoms with van der Waals surface area (Å²) in [7, 11) is 0. The highest BCUT2D eigenvalue weighted by Gasteiger charge is 2.19. The van der Waals surface area contributed by atoms with E-state index >= 15 is 4.39 Å². The van der Waals surface area contributed by atoms with Gasteiger partial charge in [-0.3, -0.25) is 14.6 Å². The van der Waals surface area contributed by atoms with Gasteiger partial charge in [0.1, 0.15) is 5.82 Å². The Balaban J connectivity index is 1.47. The maximum absolute atomic E-state index is 15.1. The van der Waals surface area contributed by atoms with E-state index in [1.165, 1.54) is 18.1 Å². The number of benzene rings is 1. The fourth-order valence-corrected chi connectivity index (χ4v) is 4.56. The van der Waals surface area contributed by atoms with E-state index in [0.29, 0.717) is 28.2 Å². The molecule has 0 saturated heterocycles. The molecule has 0 unspecified atom stereocenters. The molecular weight excluding hydrogens is 455 g/mol. The van der Waals surface area contributed by atoms with Crippen molar-refractivity contribution in [1.29, 1.82) is 0 Å². The second-order valence-electron chi connectivity index (χ2n) is 8.78. The normalized spacial score (nSPS) is 14.4.